The number of hydrogen-bond donors (Lipinski definition) is 0. The van der Waals surface area contributed by atoms with Crippen LogP contribution in [0.1, 0.15) is 25.7 Å². The monoisotopic (exact) mass is 194 g/mol. The third kappa shape index (κ3) is 1.07. The Morgan fingerprint density at radius 1 is 1.21 bits per heavy atom. The number of amides is 2. The Bertz CT molecular complexity index is 266. The van der Waals surface area contributed by atoms with Gasteiger partial charge in [0.05, 0.1) is 0 Å². The Hall–Kier alpha value is -0.730. The topological polar surface area (TPSA) is 23.6 Å². The van der Waals surface area contributed by atoms with Crippen molar-refractivity contribution in [2.75, 3.05) is 20.1 Å². The third-order valence-electron chi connectivity index (χ3n) is 4.35. The Morgan fingerprint density at radius 2 is 2.07 bits per heavy atom. The highest BCUT2D eigenvalue weighted by Crippen LogP contribution is 2.47. The zero-order valence-corrected chi connectivity index (χ0v) is 8.78. The fourth-order valence-electron chi connectivity index (χ4n) is 3.57. The van der Waals surface area contributed by atoms with Crippen LogP contribution in [0.25, 0.3) is 0 Å². The first kappa shape index (κ1) is 8.57. The Balaban J connectivity index is 1.75. The van der Waals surface area contributed by atoms with E-state index in [1.54, 1.807) is 0 Å². The molecule has 3 fully saturated rings. The van der Waals surface area contributed by atoms with Gasteiger partial charge in [-0.2, -0.15) is 0 Å². The van der Waals surface area contributed by atoms with Crippen LogP contribution in [0.3, 0.4) is 0 Å². The van der Waals surface area contributed by atoms with Gasteiger partial charge in [-0.15, -0.1) is 0 Å². The van der Waals surface area contributed by atoms with Crippen LogP contribution in [0.5, 0.6) is 0 Å². The van der Waals surface area contributed by atoms with Crippen LogP contribution in [-0.4, -0.2) is 42.0 Å². The highest BCUT2D eigenvalue weighted by atomic mass is 16.2. The molecular formula is C11H18N2O. The minimum atomic E-state index is 0.266. The summed E-state index contributed by atoms with van der Waals surface area (Å²) in [7, 11) is 1.91. The fraction of sp³-hybridized carbons (Fsp3) is 0.909. The number of carbonyl (C=O) groups is 1. The van der Waals surface area contributed by atoms with Gasteiger partial charge in [-0.1, -0.05) is 6.42 Å². The highest BCUT2D eigenvalue weighted by Gasteiger charge is 2.45. The van der Waals surface area contributed by atoms with Crippen molar-refractivity contribution in [1.82, 2.24) is 9.80 Å². The first-order valence-electron chi connectivity index (χ1n) is 5.77. The number of fused-ring (bicyclic) bond motifs is 2. The first-order chi connectivity index (χ1) is 6.75. The van der Waals surface area contributed by atoms with Crippen LogP contribution in [0.4, 0.5) is 4.79 Å². The van der Waals surface area contributed by atoms with Crippen LogP contribution < -0.4 is 0 Å². The van der Waals surface area contributed by atoms with Gasteiger partial charge in [0.2, 0.25) is 0 Å². The summed E-state index contributed by atoms with van der Waals surface area (Å²) in [6.07, 6.45) is 5.45. The largest absolute Gasteiger partial charge is 0.326 e. The molecule has 0 spiro atoms. The second-order valence-electron chi connectivity index (χ2n) is 5.14. The predicted octanol–water partition coefficient (Wildman–Crippen LogP) is 1.54. The number of likely N-dealkylation sites (N-methyl/N-ethyl adjacent to an activating group) is 1. The molecule has 2 saturated carbocycles. The lowest BCUT2D eigenvalue weighted by Crippen LogP contribution is -2.41. The van der Waals surface area contributed by atoms with E-state index in [-0.39, 0.29) is 6.03 Å². The van der Waals surface area contributed by atoms with E-state index in [2.05, 4.69) is 4.90 Å². The van der Waals surface area contributed by atoms with E-state index in [9.17, 15) is 4.79 Å². The van der Waals surface area contributed by atoms with E-state index in [0.717, 1.165) is 24.9 Å². The standard InChI is InChI=1S/C11H18N2O/c1-12-4-5-13(11(12)14)10-7-8-2-3-9(10)6-8/h8-10H,2-7H2,1H3/t8-,9+,10+/m1/s1. The molecule has 78 valence electrons. The van der Waals surface area contributed by atoms with Gasteiger partial charge in [0.25, 0.3) is 0 Å². The lowest BCUT2D eigenvalue weighted by Gasteiger charge is -2.30. The molecule has 0 unspecified atom stereocenters. The first-order valence-corrected chi connectivity index (χ1v) is 5.77. The van der Waals surface area contributed by atoms with Crippen molar-refractivity contribution >= 4 is 6.03 Å². The molecule has 3 aliphatic rings. The summed E-state index contributed by atoms with van der Waals surface area (Å²) in [5.74, 6) is 1.76. The minimum absolute atomic E-state index is 0.266. The summed E-state index contributed by atoms with van der Waals surface area (Å²) >= 11 is 0. The molecule has 3 rings (SSSR count). The van der Waals surface area contributed by atoms with Crippen molar-refractivity contribution in [1.29, 1.82) is 0 Å². The Labute approximate surface area is 85.1 Å². The van der Waals surface area contributed by atoms with Gasteiger partial charge in [0.15, 0.2) is 0 Å². The molecule has 1 aliphatic heterocycles. The molecule has 3 nitrogen and oxygen atoms in total. The summed E-state index contributed by atoms with van der Waals surface area (Å²) < 4.78 is 0. The minimum Gasteiger partial charge on any atom is -0.326 e. The van der Waals surface area contributed by atoms with E-state index in [0.29, 0.717) is 6.04 Å². The molecule has 0 aromatic carbocycles. The zero-order valence-electron chi connectivity index (χ0n) is 8.78. The lowest BCUT2D eigenvalue weighted by molar-refractivity contribution is 0.160. The van der Waals surface area contributed by atoms with Crippen molar-refractivity contribution in [2.24, 2.45) is 11.8 Å². The number of hydrogen-bond acceptors (Lipinski definition) is 1. The van der Waals surface area contributed by atoms with Crippen LogP contribution in [0.2, 0.25) is 0 Å². The molecule has 0 aromatic heterocycles. The number of nitrogens with zero attached hydrogens (tertiary/aromatic N) is 2. The van der Waals surface area contributed by atoms with Gasteiger partial charge in [0.1, 0.15) is 0 Å². The van der Waals surface area contributed by atoms with Crippen molar-refractivity contribution in [2.45, 2.75) is 31.7 Å². The second-order valence-corrected chi connectivity index (χ2v) is 5.14. The molecule has 2 aliphatic carbocycles. The van der Waals surface area contributed by atoms with E-state index in [1.165, 1.54) is 25.7 Å². The number of rotatable bonds is 1. The third-order valence-corrected chi connectivity index (χ3v) is 4.35. The molecule has 0 N–H and O–H groups in total. The Kier molecular flexibility index (Phi) is 1.76. The van der Waals surface area contributed by atoms with Gasteiger partial charge >= 0.3 is 6.03 Å². The zero-order chi connectivity index (χ0) is 9.71. The number of urea groups is 1. The summed E-state index contributed by atoms with van der Waals surface area (Å²) in [5.41, 5.74) is 0. The Morgan fingerprint density at radius 3 is 2.57 bits per heavy atom. The van der Waals surface area contributed by atoms with Crippen LogP contribution >= 0.6 is 0 Å². The molecule has 2 amide bonds. The van der Waals surface area contributed by atoms with Gasteiger partial charge in [0, 0.05) is 26.2 Å². The molecule has 14 heavy (non-hydrogen) atoms. The molecule has 1 heterocycles. The summed E-state index contributed by atoms with van der Waals surface area (Å²) in [6.45, 7) is 1.88. The molecule has 0 aromatic rings. The maximum absolute atomic E-state index is 11.8. The normalized spacial score (nSPS) is 41.5. The van der Waals surface area contributed by atoms with Crippen LogP contribution in [-0.2, 0) is 0 Å². The molecule has 3 atom stereocenters. The summed E-state index contributed by atoms with van der Waals surface area (Å²) in [6, 6.07) is 0.855. The smallest absolute Gasteiger partial charge is 0.320 e. The van der Waals surface area contributed by atoms with Crippen molar-refractivity contribution < 1.29 is 4.79 Å². The maximum Gasteiger partial charge on any atom is 0.320 e. The average molecular weight is 194 g/mol. The van der Waals surface area contributed by atoms with Crippen molar-refractivity contribution in [3.63, 3.8) is 0 Å². The van der Waals surface area contributed by atoms with Crippen LogP contribution in [0.15, 0.2) is 0 Å². The molecule has 2 bridgehead atoms. The van der Waals surface area contributed by atoms with Gasteiger partial charge in [-0.05, 0) is 31.1 Å². The fourth-order valence-corrected chi connectivity index (χ4v) is 3.57. The van der Waals surface area contributed by atoms with Gasteiger partial charge in [-0.3, -0.25) is 0 Å². The quantitative estimate of drug-likeness (QED) is 0.621. The number of carbonyl (C=O) groups excluding carboxylic acids is 1. The second kappa shape index (κ2) is 2.88. The summed E-state index contributed by atoms with van der Waals surface area (Å²) in [5, 5.41) is 0. The van der Waals surface area contributed by atoms with Gasteiger partial charge in [-0.25, -0.2) is 4.79 Å². The van der Waals surface area contributed by atoms with E-state index in [1.807, 2.05) is 11.9 Å². The van der Waals surface area contributed by atoms with Gasteiger partial charge < -0.3 is 9.80 Å². The lowest BCUT2D eigenvalue weighted by atomic mass is 9.94. The molecular weight excluding hydrogens is 176 g/mol. The van der Waals surface area contributed by atoms with E-state index < -0.39 is 0 Å². The predicted molar refractivity (Wildman–Crippen MR) is 54.0 cm³/mol. The molecule has 3 heteroatoms. The van der Waals surface area contributed by atoms with Crippen molar-refractivity contribution in [3.8, 4) is 0 Å². The summed E-state index contributed by atoms with van der Waals surface area (Å²) in [4.78, 5) is 15.8. The van der Waals surface area contributed by atoms with Crippen LogP contribution in [0, 0.1) is 11.8 Å². The molecule has 0 radical (unpaired) electrons. The van der Waals surface area contributed by atoms with E-state index in [4.69, 9.17) is 0 Å². The maximum atomic E-state index is 11.8. The van der Waals surface area contributed by atoms with E-state index >= 15 is 0 Å². The SMILES string of the molecule is CN1CCN([C@H]2C[C@@H]3CC[C@H]2C3)C1=O. The molecule has 1 saturated heterocycles. The van der Waals surface area contributed by atoms with Crippen molar-refractivity contribution in [3.05, 3.63) is 0 Å². The highest BCUT2D eigenvalue weighted by molar-refractivity contribution is 5.76. The average Bonchev–Trinajstić information content (AvgIpc) is 2.84.